The highest BCUT2D eigenvalue weighted by Gasteiger charge is 2.35. The van der Waals surface area contributed by atoms with Crippen LogP contribution >= 0.6 is 0 Å². The number of carbonyl (C=O) groups is 1. The van der Waals surface area contributed by atoms with Crippen LogP contribution in [-0.2, 0) is 4.74 Å². The number of aliphatic hydroxyl groups excluding tert-OH is 1. The van der Waals surface area contributed by atoms with E-state index in [2.05, 4.69) is 24.4 Å². The molecule has 0 bridgehead atoms. The maximum atomic E-state index is 11.7. The predicted molar refractivity (Wildman–Crippen MR) is 82.2 cm³/mol. The van der Waals surface area contributed by atoms with Crippen LogP contribution in [-0.4, -0.2) is 30.5 Å². The molecule has 0 spiro atoms. The minimum atomic E-state index is -0.334. The number of carbonyl (C=O) groups excluding carboxylic acids is 1. The van der Waals surface area contributed by atoms with Gasteiger partial charge < -0.3 is 15.2 Å². The first-order valence-electron chi connectivity index (χ1n) is 7.83. The molecule has 3 atom stereocenters. The van der Waals surface area contributed by atoms with Gasteiger partial charge in [0, 0.05) is 12.6 Å². The topological polar surface area (TPSA) is 58.6 Å². The molecule has 1 aromatic carbocycles. The van der Waals surface area contributed by atoms with E-state index in [4.69, 9.17) is 4.74 Å². The van der Waals surface area contributed by atoms with Crippen LogP contribution in [0.15, 0.2) is 30.3 Å². The van der Waals surface area contributed by atoms with Crippen molar-refractivity contribution in [1.82, 2.24) is 5.32 Å². The zero-order chi connectivity index (χ0) is 15.1. The molecule has 116 valence electrons. The summed E-state index contributed by atoms with van der Waals surface area (Å²) in [6.07, 6.45) is 3.24. The molecule has 0 radical (unpaired) electrons. The van der Waals surface area contributed by atoms with Gasteiger partial charge in [0.05, 0.1) is 6.61 Å². The first-order valence-corrected chi connectivity index (χ1v) is 7.83. The van der Waals surface area contributed by atoms with Crippen LogP contribution in [0.4, 0.5) is 4.79 Å². The van der Waals surface area contributed by atoms with Crippen LogP contribution in [0.2, 0.25) is 0 Å². The third-order valence-electron chi connectivity index (χ3n) is 4.21. The van der Waals surface area contributed by atoms with Crippen LogP contribution in [0.1, 0.15) is 44.1 Å². The Kier molecular flexibility index (Phi) is 6.05. The number of aliphatic hydroxyl groups is 1. The number of rotatable bonds is 6. The molecule has 0 heterocycles. The van der Waals surface area contributed by atoms with Crippen LogP contribution in [0.3, 0.4) is 0 Å². The molecular weight excluding hydrogens is 266 g/mol. The molecule has 4 heteroatoms. The van der Waals surface area contributed by atoms with E-state index in [1.54, 1.807) is 0 Å². The highest BCUT2D eigenvalue weighted by Crippen LogP contribution is 2.39. The van der Waals surface area contributed by atoms with Crippen molar-refractivity contribution in [2.24, 2.45) is 5.92 Å². The van der Waals surface area contributed by atoms with Gasteiger partial charge >= 0.3 is 6.09 Å². The van der Waals surface area contributed by atoms with E-state index >= 15 is 0 Å². The van der Waals surface area contributed by atoms with Crippen molar-refractivity contribution < 1.29 is 14.6 Å². The second kappa shape index (κ2) is 8.03. The summed E-state index contributed by atoms with van der Waals surface area (Å²) in [5, 5.41) is 12.5. The molecule has 1 aliphatic rings. The highest BCUT2D eigenvalue weighted by atomic mass is 16.5. The van der Waals surface area contributed by atoms with Crippen LogP contribution < -0.4 is 5.32 Å². The number of benzene rings is 1. The van der Waals surface area contributed by atoms with E-state index < -0.39 is 0 Å². The second-order valence-corrected chi connectivity index (χ2v) is 5.76. The molecule has 1 unspecified atom stereocenters. The summed E-state index contributed by atoms with van der Waals surface area (Å²) in [6, 6.07) is 10.3. The Morgan fingerprint density at radius 1 is 1.33 bits per heavy atom. The van der Waals surface area contributed by atoms with Gasteiger partial charge in [-0.05, 0) is 36.7 Å². The van der Waals surface area contributed by atoms with Gasteiger partial charge in [-0.15, -0.1) is 0 Å². The number of ether oxygens (including phenoxy) is 1. The number of nitrogens with one attached hydrogen (secondary N) is 1. The lowest BCUT2D eigenvalue weighted by atomic mass is 9.89. The van der Waals surface area contributed by atoms with Gasteiger partial charge in [0.1, 0.15) is 0 Å². The zero-order valence-electron chi connectivity index (χ0n) is 12.6. The summed E-state index contributed by atoms with van der Waals surface area (Å²) < 4.78 is 5.14. The summed E-state index contributed by atoms with van der Waals surface area (Å²) in [4.78, 5) is 11.7. The lowest BCUT2D eigenvalue weighted by Gasteiger charge is -2.17. The molecule has 2 rings (SSSR count). The van der Waals surface area contributed by atoms with Crippen molar-refractivity contribution in [1.29, 1.82) is 0 Å². The van der Waals surface area contributed by atoms with Gasteiger partial charge in [-0.2, -0.15) is 0 Å². The Morgan fingerprint density at radius 2 is 2.10 bits per heavy atom. The minimum absolute atomic E-state index is 0.0847. The van der Waals surface area contributed by atoms with Gasteiger partial charge in [-0.3, -0.25) is 0 Å². The Labute approximate surface area is 126 Å². The van der Waals surface area contributed by atoms with Crippen molar-refractivity contribution in [3.63, 3.8) is 0 Å². The molecule has 1 amide bonds. The normalized spacial score (nSPS) is 24.8. The van der Waals surface area contributed by atoms with Crippen LogP contribution in [0, 0.1) is 5.92 Å². The smallest absolute Gasteiger partial charge is 0.407 e. The van der Waals surface area contributed by atoms with Gasteiger partial charge in [0.2, 0.25) is 0 Å². The largest absolute Gasteiger partial charge is 0.450 e. The lowest BCUT2D eigenvalue weighted by molar-refractivity contribution is 0.140. The third-order valence-corrected chi connectivity index (χ3v) is 4.21. The SMILES string of the molecule is CCCCOC(=O)NC1C[C@H](CO)[C@@H](c2ccccc2)C1. The quantitative estimate of drug-likeness (QED) is 0.792. The predicted octanol–water partition coefficient (Wildman–Crippen LogP) is 3.07. The van der Waals surface area contributed by atoms with Crippen LogP contribution in [0.5, 0.6) is 0 Å². The number of alkyl carbamates (subject to hydrolysis) is 1. The van der Waals surface area contributed by atoms with Gasteiger partial charge in [0.15, 0.2) is 0 Å². The molecule has 1 saturated carbocycles. The summed E-state index contributed by atoms with van der Waals surface area (Å²) in [5.41, 5.74) is 1.24. The first kappa shape index (κ1) is 15.8. The molecule has 1 fully saturated rings. The second-order valence-electron chi connectivity index (χ2n) is 5.76. The molecule has 1 aromatic rings. The van der Waals surface area contributed by atoms with Gasteiger partial charge in [-0.1, -0.05) is 43.7 Å². The highest BCUT2D eigenvalue weighted by molar-refractivity contribution is 5.67. The number of hydrogen-bond acceptors (Lipinski definition) is 3. The summed E-state index contributed by atoms with van der Waals surface area (Å²) in [6.45, 7) is 2.69. The van der Waals surface area contributed by atoms with Crippen molar-refractivity contribution in [3.05, 3.63) is 35.9 Å². The average molecular weight is 291 g/mol. The Hall–Kier alpha value is -1.55. The van der Waals surface area contributed by atoms with Crippen LogP contribution in [0.25, 0.3) is 0 Å². The van der Waals surface area contributed by atoms with Gasteiger partial charge in [-0.25, -0.2) is 4.79 Å². The van der Waals surface area contributed by atoms with E-state index in [0.29, 0.717) is 12.5 Å². The monoisotopic (exact) mass is 291 g/mol. The third kappa shape index (κ3) is 4.46. The van der Waals surface area contributed by atoms with Crippen molar-refractivity contribution in [2.75, 3.05) is 13.2 Å². The van der Waals surface area contributed by atoms with Gasteiger partial charge in [0.25, 0.3) is 0 Å². The van der Waals surface area contributed by atoms with E-state index in [9.17, 15) is 9.90 Å². The standard InChI is InChI=1S/C17H25NO3/c1-2-3-9-21-17(20)18-15-10-14(12-19)16(11-15)13-7-5-4-6-8-13/h4-8,14-16,19H,2-3,9-12H2,1H3,(H,18,20)/t14-,15?,16-/m1/s1. The Morgan fingerprint density at radius 3 is 2.76 bits per heavy atom. The number of amides is 1. The molecule has 2 N–H and O–H groups in total. The zero-order valence-corrected chi connectivity index (χ0v) is 12.6. The fourth-order valence-corrected chi connectivity index (χ4v) is 3.07. The Bertz CT molecular complexity index is 435. The molecule has 4 nitrogen and oxygen atoms in total. The molecule has 0 saturated heterocycles. The summed E-state index contributed by atoms with van der Waals surface area (Å²) in [5.74, 6) is 0.505. The molecule has 21 heavy (non-hydrogen) atoms. The van der Waals surface area contributed by atoms with E-state index in [1.165, 1.54) is 5.56 Å². The van der Waals surface area contributed by atoms with E-state index in [0.717, 1.165) is 25.7 Å². The van der Waals surface area contributed by atoms with E-state index in [-0.39, 0.29) is 24.7 Å². The summed E-state index contributed by atoms with van der Waals surface area (Å²) >= 11 is 0. The minimum Gasteiger partial charge on any atom is -0.450 e. The lowest BCUT2D eigenvalue weighted by Crippen LogP contribution is -2.33. The maximum absolute atomic E-state index is 11.7. The molecule has 1 aliphatic carbocycles. The summed E-state index contributed by atoms with van der Waals surface area (Å²) in [7, 11) is 0. The molecule has 0 aliphatic heterocycles. The number of unbranched alkanes of at least 4 members (excludes halogenated alkanes) is 1. The molecular formula is C17H25NO3. The van der Waals surface area contributed by atoms with Crippen molar-refractivity contribution in [2.45, 2.75) is 44.6 Å². The number of hydrogen-bond donors (Lipinski definition) is 2. The van der Waals surface area contributed by atoms with E-state index in [1.807, 2.05) is 18.2 Å². The average Bonchev–Trinajstić information content (AvgIpc) is 2.91. The fraction of sp³-hybridized carbons (Fsp3) is 0.588. The Balaban J connectivity index is 1.88. The fourth-order valence-electron chi connectivity index (χ4n) is 3.07. The van der Waals surface area contributed by atoms with Crippen molar-refractivity contribution in [3.8, 4) is 0 Å². The molecule has 0 aromatic heterocycles. The van der Waals surface area contributed by atoms with Crippen molar-refractivity contribution >= 4 is 6.09 Å². The maximum Gasteiger partial charge on any atom is 0.407 e. The first-order chi connectivity index (χ1) is 10.2.